The van der Waals surface area contributed by atoms with Crippen LogP contribution >= 0.6 is 15.9 Å². The van der Waals surface area contributed by atoms with Crippen LogP contribution in [0.3, 0.4) is 0 Å². The number of halogens is 1. The fourth-order valence-electron chi connectivity index (χ4n) is 2.37. The number of alkyl halides is 1. The van der Waals surface area contributed by atoms with Crippen molar-refractivity contribution in [3.63, 3.8) is 0 Å². The Hall–Kier alpha value is -1.12. The summed E-state index contributed by atoms with van der Waals surface area (Å²) in [6.07, 6.45) is 0. The molecule has 0 spiro atoms. The SMILES string of the molecule is Cc1cccc(C(Br)c2ccc3c(c2)COC3)c1. The molecule has 0 aromatic heterocycles. The highest BCUT2D eigenvalue weighted by atomic mass is 79.9. The molecule has 2 aromatic rings. The van der Waals surface area contributed by atoms with Gasteiger partial charge in [0.1, 0.15) is 0 Å². The van der Waals surface area contributed by atoms with E-state index in [1.165, 1.54) is 27.8 Å². The first-order valence-electron chi connectivity index (χ1n) is 6.14. The standard InChI is InChI=1S/C16H15BrO/c1-11-3-2-4-12(7-11)16(17)13-5-6-14-9-18-10-15(14)8-13/h2-8,16H,9-10H2,1H3. The van der Waals surface area contributed by atoms with Gasteiger partial charge in [0.05, 0.1) is 18.0 Å². The minimum Gasteiger partial charge on any atom is -0.372 e. The van der Waals surface area contributed by atoms with E-state index in [0.29, 0.717) is 0 Å². The number of ether oxygens (including phenoxy) is 1. The van der Waals surface area contributed by atoms with Gasteiger partial charge in [-0.2, -0.15) is 0 Å². The molecule has 0 aliphatic carbocycles. The van der Waals surface area contributed by atoms with Crippen molar-refractivity contribution in [1.82, 2.24) is 0 Å². The van der Waals surface area contributed by atoms with Crippen molar-refractivity contribution in [3.8, 4) is 0 Å². The average Bonchev–Trinajstić information content (AvgIpc) is 2.85. The molecule has 0 N–H and O–H groups in total. The van der Waals surface area contributed by atoms with Gasteiger partial charge in [-0.05, 0) is 29.2 Å². The van der Waals surface area contributed by atoms with Gasteiger partial charge in [0.2, 0.25) is 0 Å². The van der Waals surface area contributed by atoms with Crippen LogP contribution in [0.4, 0.5) is 0 Å². The van der Waals surface area contributed by atoms with Crippen LogP contribution in [0.5, 0.6) is 0 Å². The normalized spacial score (nSPS) is 15.4. The summed E-state index contributed by atoms with van der Waals surface area (Å²) in [6.45, 7) is 3.63. The van der Waals surface area contributed by atoms with E-state index in [2.05, 4.69) is 65.3 Å². The Kier molecular flexibility index (Phi) is 3.23. The Balaban J connectivity index is 1.95. The van der Waals surface area contributed by atoms with Gasteiger partial charge in [-0.3, -0.25) is 0 Å². The van der Waals surface area contributed by atoms with Crippen LogP contribution in [-0.4, -0.2) is 0 Å². The lowest BCUT2D eigenvalue weighted by molar-refractivity contribution is 0.134. The Morgan fingerprint density at radius 3 is 2.61 bits per heavy atom. The van der Waals surface area contributed by atoms with Gasteiger partial charge in [-0.1, -0.05) is 64.0 Å². The van der Waals surface area contributed by atoms with Crippen LogP contribution in [0.2, 0.25) is 0 Å². The number of fused-ring (bicyclic) bond motifs is 1. The molecule has 0 bridgehead atoms. The van der Waals surface area contributed by atoms with Crippen molar-refractivity contribution >= 4 is 15.9 Å². The van der Waals surface area contributed by atoms with E-state index in [9.17, 15) is 0 Å². The van der Waals surface area contributed by atoms with E-state index in [4.69, 9.17) is 4.74 Å². The van der Waals surface area contributed by atoms with Gasteiger partial charge >= 0.3 is 0 Å². The molecule has 3 rings (SSSR count). The third-order valence-electron chi connectivity index (χ3n) is 3.37. The molecule has 0 radical (unpaired) electrons. The molecule has 2 heteroatoms. The first-order chi connectivity index (χ1) is 8.74. The summed E-state index contributed by atoms with van der Waals surface area (Å²) in [4.78, 5) is 0.253. The Labute approximate surface area is 116 Å². The summed E-state index contributed by atoms with van der Waals surface area (Å²) in [6, 6.07) is 15.2. The molecular formula is C16H15BrO. The first-order valence-corrected chi connectivity index (χ1v) is 7.06. The predicted octanol–water partition coefficient (Wildman–Crippen LogP) is 4.51. The van der Waals surface area contributed by atoms with Gasteiger partial charge in [-0.25, -0.2) is 0 Å². The van der Waals surface area contributed by atoms with E-state index in [0.717, 1.165) is 13.2 Å². The fourth-order valence-corrected chi connectivity index (χ4v) is 2.94. The van der Waals surface area contributed by atoms with Gasteiger partial charge in [0.15, 0.2) is 0 Å². The molecule has 1 aliphatic heterocycles. The minimum absolute atomic E-state index is 0.253. The van der Waals surface area contributed by atoms with E-state index >= 15 is 0 Å². The Morgan fingerprint density at radius 1 is 1.00 bits per heavy atom. The fraction of sp³-hybridized carbons (Fsp3) is 0.250. The lowest BCUT2D eigenvalue weighted by atomic mass is 9.99. The van der Waals surface area contributed by atoms with Gasteiger partial charge in [0.25, 0.3) is 0 Å². The minimum atomic E-state index is 0.253. The second kappa shape index (κ2) is 4.87. The zero-order valence-corrected chi connectivity index (χ0v) is 11.9. The van der Waals surface area contributed by atoms with Crippen molar-refractivity contribution in [3.05, 3.63) is 70.3 Å². The second-order valence-electron chi connectivity index (χ2n) is 4.80. The van der Waals surface area contributed by atoms with Crippen molar-refractivity contribution in [2.75, 3.05) is 0 Å². The molecule has 1 aliphatic rings. The Bertz CT molecular complexity index is 577. The number of benzene rings is 2. The monoisotopic (exact) mass is 302 g/mol. The van der Waals surface area contributed by atoms with Gasteiger partial charge < -0.3 is 4.74 Å². The van der Waals surface area contributed by atoms with E-state index < -0.39 is 0 Å². The summed E-state index contributed by atoms with van der Waals surface area (Å²) >= 11 is 3.80. The smallest absolute Gasteiger partial charge is 0.0725 e. The molecule has 0 fully saturated rings. The zero-order chi connectivity index (χ0) is 12.5. The number of aryl methyl sites for hydroxylation is 1. The molecule has 1 nitrogen and oxygen atoms in total. The van der Waals surface area contributed by atoms with E-state index in [1.807, 2.05) is 0 Å². The number of rotatable bonds is 2. The van der Waals surface area contributed by atoms with Crippen LogP contribution in [-0.2, 0) is 18.0 Å². The predicted molar refractivity (Wildman–Crippen MR) is 76.9 cm³/mol. The van der Waals surface area contributed by atoms with Crippen molar-refractivity contribution in [2.24, 2.45) is 0 Å². The molecular weight excluding hydrogens is 288 g/mol. The summed E-state index contributed by atoms with van der Waals surface area (Å²) in [7, 11) is 0. The van der Waals surface area contributed by atoms with Crippen LogP contribution in [0.1, 0.15) is 32.6 Å². The third-order valence-corrected chi connectivity index (χ3v) is 4.43. The topological polar surface area (TPSA) is 9.23 Å². The maximum Gasteiger partial charge on any atom is 0.0725 e. The largest absolute Gasteiger partial charge is 0.372 e. The molecule has 0 saturated carbocycles. The molecule has 1 heterocycles. The quantitative estimate of drug-likeness (QED) is 0.742. The van der Waals surface area contributed by atoms with Crippen LogP contribution < -0.4 is 0 Å². The van der Waals surface area contributed by atoms with Crippen molar-refractivity contribution in [1.29, 1.82) is 0 Å². The highest BCUT2D eigenvalue weighted by Gasteiger charge is 2.15. The lowest BCUT2D eigenvalue weighted by Gasteiger charge is -2.12. The molecule has 0 amide bonds. The van der Waals surface area contributed by atoms with E-state index in [1.54, 1.807) is 0 Å². The first kappa shape index (κ1) is 11.9. The van der Waals surface area contributed by atoms with Crippen molar-refractivity contribution < 1.29 is 4.74 Å². The van der Waals surface area contributed by atoms with Gasteiger partial charge in [-0.15, -0.1) is 0 Å². The van der Waals surface area contributed by atoms with Crippen LogP contribution in [0.25, 0.3) is 0 Å². The van der Waals surface area contributed by atoms with E-state index in [-0.39, 0.29) is 4.83 Å². The molecule has 1 unspecified atom stereocenters. The molecule has 18 heavy (non-hydrogen) atoms. The number of hydrogen-bond acceptors (Lipinski definition) is 1. The summed E-state index contributed by atoms with van der Waals surface area (Å²) in [5.41, 5.74) is 6.53. The van der Waals surface area contributed by atoms with Crippen LogP contribution in [0.15, 0.2) is 42.5 Å². The number of hydrogen-bond donors (Lipinski definition) is 0. The molecule has 2 aromatic carbocycles. The van der Waals surface area contributed by atoms with Gasteiger partial charge in [0, 0.05) is 0 Å². The zero-order valence-electron chi connectivity index (χ0n) is 10.3. The molecule has 1 atom stereocenters. The summed E-state index contributed by atoms with van der Waals surface area (Å²) in [5, 5.41) is 0. The maximum absolute atomic E-state index is 5.46. The summed E-state index contributed by atoms with van der Waals surface area (Å²) in [5.74, 6) is 0. The Morgan fingerprint density at radius 2 is 1.78 bits per heavy atom. The highest BCUT2D eigenvalue weighted by molar-refractivity contribution is 9.09. The maximum atomic E-state index is 5.46. The average molecular weight is 303 g/mol. The summed E-state index contributed by atoms with van der Waals surface area (Å²) < 4.78 is 5.46. The van der Waals surface area contributed by atoms with Crippen molar-refractivity contribution in [2.45, 2.75) is 25.0 Å². The lowest BCUT2D eigenvalue weighted by Crippen LogP contribution is -1.95. The molecule has 92 valence electrons. The third kappa shape index (κ3) is 2.23. The molecule has 0 saturated heterocycles. The second-order valence-corrected chi connectivity index (χ2v) is 5.71. The highest BCUT2D eigenvalue weighted by Crippen LogP contribution is 2.33. The van der Waals surface area contributed by atoms with Crippen LogP contribution in [0, 0.1) is 6.92 Å².